The lowest BCUT2D eigenvalue weighted by molar-refractivity contribution is -0.143. The van der Waals surface area contributed by atoms with Crippen LogP contribution in [0, 0.1) is 0 Å². The summed E-state index contributed by atoms with van der Waals surface area (Å²) in [6.07, 6.45) is 0.0324. The molecule has 0 aromatic carbocycles. The summed E-state index contributed by atoms with van der Waals surface area (Å²) in [7, 11) is -4.48. The zero-order valence-corrected chi connectivity index (χ0v) is 11.4. The van der Waals surface area contributed by atoms with E-state index < -0.39 is 39.3 Å². The summed E-state index contributed by atoms with van der Waals surface area (Å²) in [6, 6.07) is 0. The Morgan fingerprint density at radius 3 is 2.11 bits per heavy atom. The van der Waals surface area contributed by atoms with Gasteiger partial charge >= 0.3 is 11.9 Å². The second kappa shape index (κ2) is 6.14. The van der Waals surface area contributed by atoms with Gasteiger partial charge < -0.3 is 10.2 Å². The minimum atomic E-state index is -4.48. The van der Waals surface area contributed by atoms with Gasteiger partial charge in [0.05, 0.1) is 12.0 Å². The molecule has 1 unspecified atom stereocenters. The molecule has 0 radical (unpaired) electrons. The van der Waals surface area contributed by atoms with Gasteiger partial charge in [-0.2, -0.15) is 8.42 Å². The van der Waals surface area contributed by atoms with Crippen molar-refractivity contribution in [3.8, 4) is 0 Å². The Kier molecular flexibility index (Phi) is 5.75. The highest BCUT2D eigenvalue weighted by atomic mass is 32.2. The molecule has 7 nitrogen and oxygen atoms in total. The third-order valence-corrected chi connectivity index (χ3v) is 3.93. The van der Waals surface area contributed by atoms with Crippen molar-refractivity contribution in [3.05, 3.63) is 0 Å². The average Bonchev–Trinajstić information content (AvgIpc) is 2.10. The average molecular weight is 282 g/mol. The molecular formula is C10H18O7S. The smallest absolute Gasteiger partial charge is 0.325 e. The summed E-state index contributed by atoms with van der Waals surface area (Å²) >= 11 is 0. The fourth-order valence-corrected chi connectivity index (χ4v) is 2.91. The summed E-state index contributed by atoms with van der Waals surface area (Å²) in [5.74, 6) is -3.24. The van der Waals surface area contributed by atoms with E-state index in [-0.39, 0.29) is 0 Å². The molecule has 8 heteroatoms. The molecule has 0 saturated heterocycles. The standard InChI is InChI=1S/C10H18O7S/c1-4-5-10(2,3)17-18(15,16)7(9(13)14)6-8(11)12/h7H,4-6H2,1-3H3,(H,11,12)(H,13,14). The first-order valence-electron chi connectivity index (χ1n) is 5.41. The normalized spacial score (nSPS) is 14.2. The van der Waals surface area contributed by atoms with Crippen molar-refractivity contribution >= 4 is 22.1 Å². The topological polar surface area (TPSA) is 118 Å². The molecule has 2 N–H and O–H groups in total. The first kappa shape index (κ1) is 16.9. The lowest BCUT2D eigenvalue weighted by Gasteiger charge is -2.25. The first-order chi connectivity index (χ1) is 8.02. The van der Waals surface area contributed by atoms with E-state index in [0.29, 0.717) is 12.8 Å². The van der Waals surface area contributed by atoms with Crippen LogP contribution in [-0.4, -0.2) is 41.4 Å². The Balaban J connectivity index is 5.08. The van der Waals surface area contributed by atoms with Gasteiger partial charge in [0.25, 0.3) is 10.1 Å². The third-order valence-electron chi connectivity index (χ3n) is 2.18. The second-order valence-corrected chi connectivity index (χ2v) is 6.23. The molecule has 0 amide bonds. The van der Waals surface area contributed by atoms with Crippen molar-refractivity contribution in [2.24, 2.45) is 0 Å². The quantitative estimate of drug-likeness (QED) is 0.633. The molecule has 1 atom stereocenters. The van der Waals surface area contributed by atoms with Crippen LogP contribution in [0.5, 0.6) is 0 Å². The van der Waals surface area contributed by atoms with Crippen molar-refractivity contribution in [1.29, 1.82) is 0 Å². The first-order valence-corrected chi connectivity index (χ1v) is 6.88. The summed E-state index contributed by atoms with van der Waals surface area (Å²) in [4.78, 5) is 21.3. The highest BCUT2D eigenvalue weighted by Gasteiger charge is 2.39. The molecule has 0 saturated carbocycles. The number of rotatable bonds is 8. The molecular weight excluding hydrogens is 264 g/mol. The number of aliphatic carboxylic acids is 2. The van der Waals surface area contributed by atoms with Crippen LogP contribution in [0.4, 0.5) is 0 Å². The van der Waals surface area contributed by atoms with Gasteiger partial charge in [-0.1, -0.05) is 13.3 Å². The van der Waals surface area contributed by atoms with Crippen molar-refractivity contribution in [2.45, 2.75) is 50.9 Å². The maximum absolute atomic E-state index is 11.7. The van der Waals surface area contributed by atoms with Gasteiger partial charge in [-0.15, -0.1) is 0 Å². The number of carboxylic acids is 2. The predicted octanol–water partition coefficient (Wildman–Crippen LogP) is 0.839. The van der Waals surface area contributed by atoms with E-state index >= 15 is 0 Å². The minimum Gasteiger partial charge on any atom is -0.481 e. The molecule has 0 fully saturated rings. The molecule has 0 bridgehead atoms. The number of hydrogen-bond acceptors (Lipinski definition) is 5. The highest BCUT2D eigenvalue weighted by Crippen LogP contribution is 2.23. The summed E-state index contributed by atoms with van der Waals surface area (Å²) < 4.78 is 28.3. The lowest BCUT2D eigenvalue weighted by atomic mass is 10.0. The minimum absolute atomic E-state index is 0.408. The van der Waals surface area contributed by atoms with E-state index in [1.807, 2.05) is 6.92 Å². The van der Waals surface area contributed by atoms with Crippen LogP contribution in [0.25, 0.3) is 0 Å². The van der Waals surface area contributed by atoms with Crippen LogP contribution in [-0.2, 0) is 23.9 Å². The van der Waals surface area contributed by atoms with Gasteiger partial charge in [-0.05, 0) is 20.3 Å². The van der Waals surface area contributed by atoms with E-state index in [2.05, 4.69) is 0 Å². The Morgan fingerprint density at radius 1 is 1.28 bits per heavy atom. The van der Waals surface area contributed by atoms with E-state index in [1.165, 1.54) is 13.8 Å². The van der Waals surface area contributed by atoms with Gasteiger partial charge in [0, 0.05) is 0 Å². The molecule has 18 heavy (non-hydrogen) atoms. The SMILES string of the molecule is CCCC(C)(C)OS(=O)(=O)C(CC(=O)O)C(=O)O. The Hall–Kier alpha value is -1.15. The van der Waals surface area contributed by atoms with Gasteiger partial charge in [0.1, 0.15) is 0 Å². The summed E-state index contributed by atoms with van der Waals surface area (Å²) in [5.41, 5.74) is -1.06. The fourth-order valence-electron chi connectivity index (χ4n) is 1.49. The molecule has 0 aromatic rings. The van der Waals surface area contributed by atoms with Crippen LogP contribution >= 0.6 is 0 Å². The van der Waals surface area contributed by atoms with Crippen LogP contribution in [0.15, 0.2) is 0 Å². The number of carboxylic acid groups (broad SMARTS) is 2. The zero-order chi connectivity index (χ0) is 14.6. The Bertz CT molecular complexity index is 410. The lowest BCUT2D eigenvalue weighted by Crippen LogP contribution is -2.39. The van der Waals surface area contributed by atoms with E-state index in [4.69, 9.17) is 14.4 Å². The number of carbonyl (C=O) groups is 2. The Morgan fingerprint density at radius 2 is 1.78 bits per heavy atom. The number of hydrogen-bond donors (Lipinski definition) is 2. The molecule has 0 heterocycles. The largest absolute Gasteiger partial charge is 0.481 e. The molecule has 0 spiro atoms. The van der Waals surface area contributed by atoms with Crippen molar-refractivity contribution in [1.82, 2.24) is 0 Å². The van der Waals surface area contributed by atoms with E-state index in [0.717, 1.165) is 0 Å². The summed E-state index contributed by atoms with van der Waals surface area (Å²) in [6.45, 7) is 4.84. The van der Waals surface area contributed by atoms with Gasteiger partial charge in [0.15, 0.2) is 5.25 Å². The van der Waals surface area contributed by atoms with Gasteiger partial charge in [-0.25, -0.2) is 0 Å². The monoisotopic (exact) mass is 282 g/mol. The van der Waals surface area contributed by atoms with Crippen LogP contribution in [0.2, 0.25) is 0 Å². The van der Waals surface area contributed by atoms with Crippen LogP contribution in [0.3, 0.4) is 0 Å². The molecule has 0 aromatic heterocycles. The molecule has 106 valence electrons. The summed E-state index contributed by atoms with van der Waals surface area (Å²) in [5, 5.41) is 15.2. The maximum atomic E-state index is 11.7. The highest BCUT2D eigenvalue weighted by molar-refractivity contribution is 7.88. The maximum Gasteiger partial charge on any atom is 0.325 e. The van der Waals surface area contributed by atoms with Gasteiger partial charge in [-0.3, -0.25) is 13.8 Å². The molecule has 0 aliphatic carbocycles. The van der Waals surface area contributed by atoms with Crippen molar-refractivity contribution in [3.63, 3.8) is 0 Å². The van der Waals surface area contributed by atoms with Crippen molar-refractivity contribution in [2.75, 3.05) is 0 Å². The van der Waals surface area contributed by atoms with Gasteiger partial charge in [0.2, 0.25) is 0 Å². The molecule has 0 rings (SSSR count). The van der Waals surface area contributed by atoms with Crippen molar-refractivity contribution < 1.29 is 32.4 Å². The second-order valence-electron chi connectivity index (χ2n) is 4.51. The molecule has 0 aliphatic heterocycles. The van der Waals surface area contributed by atoms with Crippen LogP contribution < -0.4 is 0 Å². The third kappa shape index (κ3) is 5.46. The van der Waals surface area contributed by atoms with E-state index in [1.54, 1.807) is 0 Å². The van der Waals surface area contributed by atoms with E-state index in [9.17, 15) is 18.0 Å². The molecule has 0 aliphatic rings. The zero-order valence-electron chi connectivity index (χ0n) is 10.5. The Labute approximate surface area is 106 Å². The predicted molar refractivity (Wildman–Crippen MR) is 62.7 cm³/mol. The fraction of sp³-hybridized carbons (Fsp3) is 0.800. The van der Waals surface area contributed by atoms with Crippen LogP contribution in [0.1, 0.15) is 40.0 Å².